The zero-order valence-corrected chi connectivity index (χ0v) is 18.3. The molecule has 33 heavy (non-hydrogen) atoms. The van der Waals surface area contributed by atoms with Gasteiger partial charge in [-0.2, -0.15) is 26.3 Å². The summed E-state index contributed by atoms with van der Waals surface area (Å²) >= 11 is 0. The van der Waals surface area contributed by atoms with E-state index in [-0.39, 0.29) is 41.2 Å². The van der Waals surface area contributed by atoms with Gasteiger partial charge >= 0.3 is 18.4 Å². The lowest BCUT2D eigenvalue weighted by Gasteiger charge is -2.44. The molecule has 2 atom stereocenters. The van der Waals surface area contributed by atoms with E-state index < -0.39 is 29.6 Å². The SMILES string of the molecule is CC(C)(C)C1CC(c2cccc(-c3cc(C(F)(F)F)cc(C(F)(F)F)c3)n2)CCN1C(=O)O. The number of piperidine rings is 1. The minimum absolute atomic E-state index is 0.00271. The van der Waals surface area contributed by atoms with E-state index in [9.17, 15) is 36.2 Å². The molecule has 10 heteroatoms. The van der Waals surface area contributed by atoms with Crippen LogP contribution in [0.3, 0.4) is 0 Å². The predicted molar refractivity (Wildman–Crippen MR) is 110 cm³/mol. The molecule has 1 amide bonds. The monoisotopic (exact) mass is 474 g/mol. The number of aromatic nitrogens is 1. The van der Waals surface area contributed by atoms with Crippen LogP contribution in [0.4, 0.5) is 31.1 Å². The van der Waals surface area contributed by atoms with Crippen LogP contribution >= 0.6 is 0 Å². The molecule has 0 spiro atoms. The molecule has 0 saturated carbocycles. The highest BCUT2D eigenvalue weighted by Crippen LogP contribution is 2.41. The number of hydrogen-bond donors (Lipinski definition) is 1. The Hall–Kier alpha value is -2.78. The highest BCUT2D eigenvalue weighted by Gasteiger charge is 2.40. The van der Waals surface area contributed by atoms with Gasteiger partial charge in [-0.15, -0.1) is 0 Å². The van der Waals surface area contributed by atoms with E-state index in [4.69, 9.17) is 0 Å². The van der Waals surface area contributed by atoms with Crippen LogP contribution in [0.15, 0.2) is 36.4 Å². The summed E-state index contributed by atoms with van der Waals surface area (Å²) in [5, 5.41) is 9.53. The topological polar surface area (TPSA) is 53.4 Å². The molecule has 2 unspecified atom stereocenters. The largest absolute Gasteiger partial charge is 0.465 e. The van der Waals surface area contributed by atoms with Gasteiger partial charge < -0.3 is 10.0 Å². The molecule has 0 radical (unpaired) electrons. The molecule has 2 heterocycles. The number of nitrogens with zero attached hydrogens (tertiary/aromatic N) is 2. The summed E-state index contributed by atoms with van der Waals surface area (Å²) in [6.07, 6.45) is -10.0. The maximum Gasteiger partial charge on any atom is 0.416 e. The zero-order chi connectivity index (χ0) is 24.8. The third-order valence-corrected chi connectivity index (χ3v) is 5.92. The lowest BCUT2D eigenvalue weighted by atomic mass is 9.76. The Bertz CT molecular complexity index is 995. The molecule has 2 aromatic rings. The van der Waals surface area contributed by atoms with E-state index in [2.05, 4.69) is 4.98 Å². The lowest BCUT2D eigenvalue weighted by molar-refractivity contribution is -0.143. The van der Waals surface area contributed by atoms with Crippen molar-refractivity contribution in [3.8, 4) is 11.3 Å². The van der Waals surface area contributed by atoms with Crippen molar-refractivity contribution in [2.45, 2.75) is 57.9 Å². The second kappa shape index (κ2) is 8.53. The third kappa shape index (κ3) is 5.59. The maximum atomic E-state index is 13.2. The van der Waals surface area contributed by atoms with Crippen LogP contribution in [0.5, 0.6) is 0 Å². The average Bonchev–Trinajstić information content (AvgIpc) is 2.71. The van der Waals surface area contributed by atoms with E-state index in [1.54, 1.807) is 12.1 Å². The molecule has 1 saturated heterocycles. The first-order valence-corrected chi connectivity index (χ1v) is 10.3. The Balaban J connectivity index is 2.00. The number of likely N-dealkylation sites (tertiary alicyclic amines) is 1. The van der Waals surface area contributed by atoms with Crippen LogP contribution in [0.25, 0.3) is 11.3 Å². The number of halogens is 6. The molecular weight excluding hydrogens is 450 g/mol. The lowest BCUT2D eigenvalue weighted by Crippen LogP contribution is -2.51. The van der Waals surface area contributed by atoms with Gasteiger partial charge in [0.05, 0.1) is 16.8 Å². The minimum Gasteiger partial charge on any atom is -0.465 e. The average molecular weight is 474 g/mol. The molecule has 180 valence electrons. The normalized spacial score (nSPS) is 20.1. The first-order chi connectivity index (χ1) is 15.1. The summed E-state index contributed by atoms with van der Waals surface area (Å²) in [4.78, 5) is 17.4. The van der Waals surface area contributed by atoms with Crippen molar-refractivity contribution >= 4 is 6.09 Å². The standard InChI is InChI=1S/C23H24F6N2O2/c1-21(2,3)19-11-13(7-8-31(19)20(32)33)17-5-4-6-18(30-17)14-9-15(22(24,25)26)12-16(10-14)23(27,28)29/h4-6,9-10,12-13,19H,7-8,11H2,1-3H3,(H,32,33). The van der Waals surface area contributed by atoms with Gasteiger partial charge in [-0.3, -0.25) is 4.98 Å². The molecule has 4 nitrogen and oxygen atoms in total. The second-order valence-electron chi connectivity index (χ2n) is 9.32. The number of alkyl halides is 6. The summed E-state index contributed by atoms with van der Waals surface area (Å²) in [7, 11) is 0. The third-order valence-electron chi connectivity index (χ3n) is 5.92. The van der Waals surface area contributed by atoms with Crippen molar-refractivity contribution in [2.24, 2.45) is 5.41 Å². The molecule has 1 aromatic carbocycles. The van der Waals surface area contributed by atoms with Crippen molar-refractivity contribution in [1.29, 1.82) is 0 Å². The Kier molecular flexibility index (Phi) is 6.43. The van der Waals surface area contributed by atoms with Crippen molar-refractivity contribution in [3.63, 3.8) is 0 Å². The molecule has 1 aliphatic heterocycles. The van der Waals surface area contributed by atoms with Crippen molar-refractivity contribution in [2.75, 3.05) is 6.54 Å². The Morgan fingerprint density at radius 1 is 1.00 bits per heavy atom. The van der Waals surface area contributed by atoms with E-state index in [0.29, 0.717) is 30.7 Å². The highest BCUT2D eigenvalue weighted by atomic mass is 19.4. The van der Waals surface area contributed by atoms with Crippen LogP contribution < -0.4 is 0 Å². The summed E-state index contributed by atoms with van der Waals surface area (Å²) in [6.45, 7) is 6.01. The predicted octanol–water partition coefficient (Wildman–Crippen LogP) is 7.06. The maximum absolute atomic E-state index is 13.2. The Morgan fingerprint density at radius 2 is 1.58 bits per heavy atom. The van der Waals surface area contributed by atoms with Crippen molar-refractivity contribution in [1.82, 2.24) is 9.88 Å². The molecule has 3 rings (SSSR count). The van der Waals surface area contributed by atoms with E-state index in [1.807, 2.05) is 20.8 Å². The number of benzene rings is 1. The van der Waals surface area contributed by atoms with Gasteiger partial charge in [-0.25, -0.2) is 4.79 Å². The summed E-state index contributed by atoms with van der Waals surface area (Å²) in [6, 6.07) is 5.67. The van der Waals surface area contributed by atoms with E-state index in [0.717, 1.165) is 0 Å². The van der Waals surface area contributed by atoms with Crippen LogP contribution in [0.2, 0.25) is 0 Å². The van der Waals surface area contributed by atoms with E-state index in [1.165, 1.54) is 11.0 Å². The Morgan fingerprint density at radius 3 is 2.06 bits per heavy atom. The molecular formula is C23H24F6N2O2. The van der Waals surface area contributed by atoms with Gasteiger partial charge in [0.25, 0.3) is 0 Å². The molecule has 1 fully saturated rings. The van der Waals surface area contributed by atoms with Gasteiger partial charge in [0.15, 0.2) is 0 Å². The number of rotatable bonds is 2. The smallest absolute Gasteiger partial charge is 0.416 e. The molecule has 1 N–H and O–H groups in total. The van der Waals surface area contributed by atoms with Crippen LogP contribution in [-0.4, -0.2) is 33.7 Å². The second-order valence-corrected chi connectivity index (χ2v) is 9.32. The van der Waals surface area contributed by atoms with E-state index >= 15 is 0 Å². The summed E-state index contributed by atoms with van der Waals surface area (Å²) < 4.78 is 79.4. The fraction of sp³-hybridized carbons (Fsp3) is 0.478. The van der Waals surface area contributed by atoms with Crippen LogP contribution in [0.1, 0.15) is 56.4 Å². The van der Waals surface area contributed by atoms with Gasteiger partial charge in [-0.05, 0) is 48.6 Å². The summed E-state index contributed by atoms with van der Waals surface area (Å²) in [5.74, 6) is -0.183. The van der Waals surface area contributed by atoms with Crippen LogP contribution in [0, 0.1) is 5.41 Å². The first kappa shape index (κ1) is 24.9. The van der Waals surface area contributed by atoms with Gasteiger partial charge in [0.2, 0.25) is 0 Å². The zero-order valence-electron chi connectivity index (χ0n) is 18.3. The first-order valence-electron chi connectivity index (χ1n) is 10.3. The number of carboxylic acid groups (broad SMARTS) is 1. The van der Waals surface area contributed by atoms with Crippen molar-refractivity contribution < 1.29 is 36.2 Å². The van der Waals surface area contributed by atoms with Crippen LogP contribution in [-0.2, 0) is 12.4 Å². The highest BCUT2D eigenvalue weighted by molar-refractivity contribution is 5.66. The molecule has 0 aliphatic carbocycles. The minimum atomic E-state index is -4.95. The van der Waals surface area contributed by atoms with Gasteiger partial charge in [0, 0.05) is 29.8 Å². The molecule has 1 aliphatic rings. The Labute approximate surface area is 187 Å². The molecule has 0 bridgehead atoms. The number of pyridine rings is 1. The fourth-order valence-electron chi connectivity index (χ4n) is 4.23. The van der Waals surface area contributed by atoms with Gasteiger partial charge in [-0.1, -0.05) is 26.8 Å². The van der Waals surface area contributed by atoms with Crippen molar-refractivity contribution in [3.05, 3.63) is 53.2 Å². The quantitative estimate of drug-likeness (QED) is 0.474. The molecule has 1 aromatic heterocycles. The number of amides is 1. The number of hydrogen-bond acceptors (Lipinski definition) is 2. The number of carbonyl (C=O) groups is 1. The summed E-state index contributed by atoms with van der Waals surface area (Å²) in [5.41, 5.74) is -2.94. The fourth-order valence-corrected chi connectivity index (χ4v) is 4.23. The van der Waals surface area contributed by atoms with Gasteiger partial charge in [0.1, 0.15) is 0 Å².